The molecule has 94 valence electrons. The number of unbranched alkanes of at least 4 members (excludes halogenated alkanes) is 1. The van der Waals surface area contributed by atoms with Crippen LogP contribution in [-0.4, -0.2) is 16.3 Å². The van der Waals surface area contributed by atoms with Crippen molar-refractivity contribution in [3.05, 3.63) is 0 Å². The molecule has 16 heavy (non-hydrogen) atoms. The van der Waals surface area contributed by atoms with Crippen molar-refractivity contribution in [1.82, 2.24) is 0 Å². The predicted octanol–water partition coefficient (Wildman–Crippen LogP) is 4.59. The van der Waals surface area contributed by atoms with E-state index in [0.717, 1.165) is 12.8 Å². The molecule has 1 aliphatic rings. The highest BCUT2D eigenvalue weighted by Crippen LogP contribution is 2.43. The van der Waals surface area contributed by atoms with Crippen LogP contribution in [0.1, 0.15) is 71.6 Å². The molecule has 1 nitrogen and oxygen atoms in total. The number of rotatable bonds is 7. The molecule has 0 aliphatic heterocycles. The quantitative estimate of drug-likeness (QED) is 0.607. The minimum Gasteiger partial charge on any atom is -0.300 e. The minimum atomic E-state index is 0.362. The molecule has 0 unspecified atom stereocenters. The van der Waals surface area contributed by atoms with Gasteiger partial charge in [0.15, 0.2) is 0 Å². The van der Waals surface area contributed by atoms with Crippen molar-refractivity contribution in [2.24, 2.45) is 0 Å². The van der Waals surface area contributed by atoms with Gasteiger partial charge in [-0.1, -0.05) is 32.6 Å². The molecule has 1 fully saturated rings. The van der Waals surface area contributed by atoms with Crippen LogP contribution in [-0.2, 0) is 4.79 Å². The Morgan fingerprint density at radius 2 is 1.94 bits per heavy atom. The lowest BCUT2D eigenvalue weighted by atomic mass is 9.84. The molecule has 1 aliphatic carbocycles. The van der Waals surface area contributed by atoms with Crippen LogP contribution in [0.15, 0.2) is 0 Å². The Morgan fingerprint density at radius 1 is 1.25 bits per heavy atom. The summed E-state index contributed by atoms with van der Waals surface area (Å²) in [4.78, 5) is 11.1. The van der Waals surface area contributed by atoms with Gasteiger partial charge in [0, 0.05) is 11.2 Å². The number of thioether (sulfide) groups is 1. The molecule has 0 aromatic heterocycles. The first kappa shape index (κ1) is 14.1. The number of hydrogen-bond acceptors (Lipinski definition) is 2. The summed E-state index contributed by atoms with van der Waals surface area (Å²) in [5, 5.41) is 0. The van der Waals surface area contributed by atoms with Crippen LogP contribution >= 0.6 is 11.8 Å². The smallest absolute Gasteiger partial charge is 0.129 e. The molecule has 1 rings (SSSR count). The standard InChI is InChI=1S/C14H26OS/c1-3-4-12-16-14(11-8-13(2)15)9-6-5-7-10-14/h3-12H2,1-2H3. The lowest BCUT2D eigenvalue weighted by Crippen LogP contribution is -2.29. The third kappa shape index (κ3) is 4.90. The maximum absolute atomic E-state index is 11.1. The fraction of sp³-hybridized carbons (Fsp3) is 0.929. The molecule has 0 bridgehead atoms. The SMILES string of the molecule is CCCCSC1(CCC(C)=O)CCCCC1. The van der Waals surface area contributed by atoms with Crippen molar-refractivity contribution in [3.8, 4) is 0 Å². The Hall–Kier alpha value is 0.0200. The van der Waals surface area contributed by atoms with Gasteiger partial charge >= 0.3 is 0 Å². The average molecular weight is 242 g/mol. The second kappa shape index (κ2) is 7.37. The number of hydrogen-bond donors (Lipinski definition) is 0. The van der Waals surface area contributed by atoms with Gasteiger partial charge in [-0.2, -0.15) is 11.8 Å². The van der Waals surface area contributed by atoms with Gasteiger partial charge < -0.3 is 4.79 Å². The van der Waals surface area contributed by atoms with E-state index in [9.17, 15) is 4.79 Å². The maximum Gasteiger partial charge on any atom is 0.129 e. The summed E-state index contributed by atoms with van der Waals surface area (Å²) < 4.78 is 0.457. The van der Waals surface area contributed by atoms with Crippen molar-refractivity contribution < 1.29 is 4.79 Å². The van der Waals surface area contributed by atoms with Crippen molar-refractivity contribution >= 4 is 17.5 Å². The van der Waals surface area contributed by atoms with Gasteiger partial charge in [-0.05, 0) is 38.4 Å². The van der Waals surface area contributed by atoms with Gasteiger partial charge in [0.25, 0.3) is 0 Å². The van der Waals surface area contributed by atoms with Gasteiger partial charge in [-0.25, -0.2) is 0 Å². The molecular formula is C14H26OS. The highest BCUT2D eigenvalue weighted by atomic mass is 32.2. The van der Waals surface area contributed by atoms with E-state index in [4.69, 9.17) is 0 Å². The number of ketones is 1. The van der Waals surface area contributed by atoms with Gasteiger partial charge in [0.05, 0.1) is 0 Å². The van der Waals surface area contributed by atoms with E-state index in [2.05, 4.69) is 18.7 Å². The predicted molar refractivity (Wildman–Crippen MR) is 73.1 cm³/mol. The molecular weight excluding hydrogens is 216 g/mol. The maximum atomic E-state index is 11.1. The topological polar surface area (TPSA) is 17.1 Å². The summed E-state index contributed by atoms with van der Waals surface area (Å²) >= 11 is 2.16. The van der Waals surface area contributed by atoms with Crippen molar-refractivity contribution in [2.45, 2.75) is 76.4 Å². The van der Waals surface area contributed by atoms with Gasteiger partial charge in [0.2, 0.25) is 0 Å². The molecule has 2 heteroatoms. The van der Waals surface area contributed by atoms with Crippen LogP contribution in [0.25, 0.3) is 0 Å². The van der Waals surface area contributed by atoms with Crippen LogP contribution in [0.5, 0.6) is 0 Å². The number of Topliss-reactive ketones (excluding diaryl/α,β-unsaturated/α-hetero) is 1. The summed E-state index contributed by atoms with van der Waals surface area (Å²) in [7, 11) is 0. The molecule has 0 heterocycles. The van der Waals surface area contributed by atoms with Crippen LogP contribution in [0.4, 0.5) is 0 Å². The van der Waals surface area contributed by atoms with Crippen molar-refractivity contribution in [3.63, 3.8) is 0 Å². The summed E-state index contributed by atoms with van der Waals surface area (Å²) in [5.41, 5.74) is 0. The van der Waals surface area contributed by atoms with Crippen LogP contribution in [0, 0.1) is 0 Å². The van der Waals surface area contributed by atoms with E-state index in [1.165, 1.54) is 50.7 Å². The largest absolute Gasteiger partial charge is 0.300 e. The molecule has 0 aromatic carbocycles. The van der Waals surface area contributed by atoms with E-state index in [-0.39, 0.29) is 0 Å². The summed E-state index contributed by atoms with van der Waals surface area (Å²) in [6.07, 6.45) is 11.4. The van der Waals surface area contributed by atoms with E-state index in [1.807, 2.05) is 0 Å². The molecule has 0 N–H and O–H groups in total. The highest BCUT2D eigenvalue weighted by Gasteiger charge is 2.31. The molecule has 0 atom stereocenters. The highest BCUT2D eigenvalue weighted by molar-refractivity contribution is 8.00. The average Bonchev–Trinajstić information content (AvgIpc) is 2.28. The number of carbonyl (C=O) groups is 1. The van der Waals surface area contributed by atoms with Crippen LogP contribution in [0.2, 0.25) is 0 Å². The van der Waals surface area contributed by atoms with E-state index < -0.39 is 0 Å². The first-order valence-corrected chi connectivity index (χ1v) is 7.80. The lowest BCUT2D eigenvalue weighted by Gasteiger charge is -2.37. The zero-order chi connectivity index (χ0) is 11.9. The second-order valence-electron chi connectivity index (χ2n) is 5.15. The van der Waals surface area contributed by atoms with E-state index >= 15 is 0 Å². The molecule has 0 spiro atoms. The van der Waals surface area contributed by atoms with Crippen LogP contribution in [0.3, 0.4) is 0 Å². The second-order valence-corrected chi connectivity index (χ2v) is 6.71. The Morgan fingerprint density at radius 3 is 2.50 bits per heavy atom. The monoisotopic (exact) mass is 242 g/mol. The van der Waals surface area contributed by atoms with Gasteiger partial charge in [-0.15, -0.1) is 0 Å². The Balaban J connectivity index is 2.42. The lowest BCUT2D eigenvalue weighted by molar-refractivity contribution is -0.117. The van der Waals surface area contributed by atoms with Crippen molar-refractivity contribution in [1.29, 1.82) is 0 Å². The zero-order valence-electron chi connectivity index (χ0n) is 10.9. The molecule has 0 aromatic rings. The molecule has 1 saturated carbocycles. The molecule has 0 saturated heterocycles. The summed E-state index contributed by atoms with van der Waals surface area (Å²) in [6.45, 7) is 3.98. The first-order valence-electron chi connectivity index (χ1n) is 6.82. The zero-order valence-corrected chi connectivity index (χ0v) is 11.7. The molecule has 0 amide bonds. The van der Waals surface area contributed by atoms with Gasteiger partial charge in [0.1, 0.15) is 5.78 Å². The fourth-order valence-electron chi connectivity index (χ4n) is 2.50. The normalized spacial score (nSPS) is 19.6. The van der Waals surface area contributed by atoms with E-state index in [0.29, 0.717) is 10.5 Å². The summed E-state index contributed by atoms with van der Waals surface area (Å²) in [5.74, 6) is 1.65. The Bertz CT molecular complexity index is 207. The summed E-state index contributed by atoms with van der Waals surface area (Å²) in [6, 6.07) is 0. The van der Waals surface area contributed by atoms with Crippen LogP contribution < -0.4 is 0 Å². The fourth-order valence-corrected chi connectivity index (χ4v) is 4.19. The Labute approximate surface area is 105 Å². The van der Waals surface area contributed by atoms with Crippen molar-refractivity contribution in [2.75, 3.05) is 5.75 Å². The molecule has 0 radical (unpaired) electrons. The Kier molecular flexibility index (Phi) is 6.48. The number of carbonyl (C=O) groups excluding carboxylic acids is 1. The minimum absolute atomic E-state index is 0.362. The third-order valence-corrected chi connectivity index (χ3v) is 5.32. The van der Waals surface area contributed by atoms with E-state index in [1.54, 1.807) is 6.92 Å². The van der Waals surface area contributed by atoms with Gasteiger partial charge in [-0.3, -0.25) is 0 Å². The third-order valence-electron chi connectivity index (χ3n) is 3.60. The first-order chi connectivity index (χ1) is 7.68.